The summed E-state index contributed by atoms with van der Waals surface area (Å²) < 4.78 is 0. The average Bonchev–Trinajstić information content (AvgIpc) is 3.22. The first-order valence-corrected chi connectivity index (χ1v) is 7.51. The molecule has 100 valence electrons. The Bertz CT molecular complexity index is 524. The largest absolute Gasteiger partial charge is 0.337 e. The molecule has 1 saturated carbocycles. The number of hydrogen-bond donors (Lipinski definition) is 1. The summed E-state index contributed by atoms with van der Waals surface area (Å²) in [6.07, 6.45) is 2.03. The molecule has 1 atom stereocenters. The SMILES string of the molecule is C[C@@](C#N)(NC(=O)CSc1ccccc1Cl)C1CC1. The number of carbonyl (C=O) groups excluding carboxylic acids is 1. The number of benzene rings is 1. The van der Waals surface area contributed by atoms with Crippen LogP contribution in [0.25, 0.3) is 0 Å². The van der Waals surface area contributed by atoms with Crippen molar-refractivity contribution in [3.8, 4) is 6.07 Å². The fraction of sp³-hybridized carbons (Fsp3) is 0.429. The molecule has 0 saturated heterocycles. The molecule has 0 aromatic heterocycles. The molecule has 3 nitrogen and oxygen atoms in total. The van der Waals surface area contributed by atoms with E-state index >= 15 is 0 Å². The van der Waals surface area contributed by atoms with Crippen molar-refractivity contribution in [1.29, 1.82) is 5.26 Å². The van der Waals surface area contributed by atoms with Gasteiger partial charge >= 0.3 is 0 Å². The maximum Gasteiger partial charge on any atom is 0.231 e. The molecule has 0 radical (unpaired) electrons. The van der Waals surface area contributed by atoms with Crippen LogP contribution in [0, 0.1) is 17.2 Å². The molecule has 1 aliphatic carbocycles. The lowest BCUT2D eigenvalue weighted by atomic mass is 9.98. The Labute approximate surface area is 122 Å². The Morgan fingerprint density at radius 2 is 2.26 bits per heavy atom. The molecule has 1 aromatic carbocycles. The number of nitriles is 1. The van der Waals surface area contributed by atoms with Crippen LogP contribution in [0.1, 0.15) is 19.8 Å². The smallest absolute Gasteiger partial charge is 0.231 e. The third-order valence-electron chi connectivity index (χ3n) is 3.22. The van der Waals surface area contributed by atoms with Crippen LogP contribution in [0.5, 0.6) is 0 Å². The summed E-state index contributed by atoms with van der Waals surface area (Å²) in [5.41, 5.74) is -0.724. The number of rotatable bonds is 5. The number of nitrogens with one attached hydrogen (secondary N) is 1. The second-order valence-corrected chi connectivity index (χ2v) is 6.28. The van der Waals surface area contributed by atoms with Gasteiger partial charge in [0, 0.05) is 4.90 Å². The zero-order valence-corrected chi connectivity index (χ0v) is 12.2. The van der Waals surface area contributed by atoms with Crippen molar-refractivity contribution >= 4 is 29.3 Å². The normalized spacial score (nSPS) is 17.3. The van der Waals surface area contributed by atoms with Crippen LogP contribution in [0.4, 0.5) is 0 Å². The highest BCUT2D eigenvalue weighted by molar-refractivity contribution is 8.00. The van der Waals surface area contributed by atoms with Crippen molar-refractivity contribution in [3.63, 3.8) is 0 Å². The highest BCUT2D eigenvalue weighted by atomic mass is 35.5. The lowest BCUT2D eigenvalue weighted by molar-refractivity contribution is -0.119. The van der Waals surface area contributed by atoms with Crippen LogP contribution in [0.15, 0.2) is 29.2 Å². The van der Waals surface area contributed by atoms with E-state index < -0.39 is 5.54 Å². The van der Waals surface area contributed by atoms with Crippen LogP contribution in [-0.2, 0) is 4.79 Å². The fourth-order valence-electron chi connectivity index (χ4n) is 1.91. The van der Waals surface area contributed by atoms with Gasteiger partial charge in [-0.25, -0.2) is 0 Å². The number of hydrogen-bond acceptors (Lipinski definition) is 3. The van der Waals surface area contributed by atoms with Gasteiger partial charge in [-0.05, 0) is 37.8 Å². The molecule has 0 bridgehead atoms. The highest BCUT2D eigenvalue weighted by Crippen LogP contribution is 2.39. The maximum absolute atomic E-state index is 11.9. The molecule has 1 N–H and O–H groups in total. The molecule has 0 aliphatic heterocycles. The minimum Gasteiger partial charge on any atom is -0.337 e. The number of halogens is 1. The second kappa shape index (κ2) is 5.85. The van der Waals surface area contributed by atoms with Crippen LogP contribution in [0.3, 0.4) is 0 Å². The Balaban J connectivity index is 1.88. The van der Waals surface area contributed by atoms with Crippen molar-refractivity contribution in [2.24, 2.45) is 5.92 Å². The van der Waals surface area contributed by atoms with Crippen LogP contribution >= 0.6 is 23.4 Å². The first kappa shape index (κ1) is 14.2. The molecule has 1 fully saturated rings. The van der Waals surface area contributed by atoms with Gasteiger partial charge in [0.1, 0.15) is 5.54 Å². The van der Waals surface area contributed by atoms with E-state index in [0.29, 0.717) is 10.9 Å². The summed E-state index contributed by atoms with van der Waals surface area (Å²) in [5, 5.41) is 12.7. The Hall–Kier alpha value is -1.18. The molecular weight excluding hydrogens is 280 g/mol. The van der Waals surface area contributed by atoms with Gasteiger partial charge in [0.05, 0.1) is 16.8 Å². The summed E-state index contributed by atoms with van der Waals surface area (Å²) in [5.74, 6) is 0.445. The fourth-order valence-corrected chi connectivity index (χ4v) is 2.95. The predicted octanol–water partition coefficient (Wildman–Crippen LogP) is 3.24. The van der Waals surface area contributed by atoms with E-state index in [4.69, 9.17) is 11.6 Å². The summed E-state index contributed by atoms with van der Waals surface area (Å²) in [7, 11) is 0. The lowest BCUT2D eigenvalue weighted by Gasteiger charge is -2.22. The van der Waals surface area contributed by atoms with Crippen LogP contribution < -0.4 is 5.32 Å². The van der Waals surface area contributed by atoms with Crippen LogP contribution in [-0.4, -0.2) is 17.2 Å². The lowest BCUT2D eigenvalue weighted by Crippen LogP contribution is -2.47. The molecule has 0 heterocycles. The van der Waals surface area contributed by atoms with Gasteiger partial charge in [-0.1, -0.05) is 23.7 Å². The molecule has 5 heteroatoms. The van der Waals surface area contributed by atoms with E-state index in [-0.39, 0.29) is 11.7 Å². The molecular formula is C14H15ClN2OS. The number of amides is 1. The quantitative estimate of drug-likeness (QED) is 0.848. The molecule has 0 spiro atoms. The third-order valence-corrected chi connectivity index (χ3v) is 4.74. The van der Waals surface area contributed by atoms with Gasteiger partial charge in [0.25, 0.3) is 0 Å². The van der Waals surface area contributed by atoms with Gasteiger partial charge < -0.3 is 5.32 Å². The molecule has 19 heavy (non-hydrogen) atoms. The monoisotopic (exact) mass is 294 g/mol. The zero-order chi connectivity index (χ0) is 13.9. The molecule has 1 aliphatic rings. The highest BCUT2D eigenvalue weighted by Gasteiger charge is 2.42. The summed E-state index contributed by atoms with van der Waals surface area (Å²) in [6, 6.07) is 9.63. The van der Waals surface area contributed by atoms with Gasteiger partial charge in [0.2, 0.25) is 5.91 Å². The molecule has 2 rings (SSSR count). The van der Waals surface area contributed by atoms with E-state index in [1.807, 2.05) is 18.2 Å². The summed E-state index contributed by atoms with van der Waals surface area (Å²) >= 11 is 7.41. The molecule has 0 unspecified atom stereocenters. The number of carbonyl (C=O) groups is 1. The second-order valence-electron chi connectivity index (χ2n) is 4.86. The van der Waals surface area contributed by atoms with Crippen molar-refractivity contribution < 1.29 is 4.79 Å². The van der Waals surface area contributed by atoms with Gasteiger partial charge in [-0.2, -0.15) is 5.26 Å². The molecule has 1 amide bonds. The number of nitrogens with zero attached hydrogens (tertiary/aromatic N) is 1. The van der Waals surface area contributed by atoms with Crippen molar-refractivity contribution in [2.75, 3.05) is 5.75 Å². The van der Waals surface area contributed by atoms with E-state index in [9.17, 15) is 10.1 Å². The van der Waals surface area contributed by atoms with Crippen LogP contribution in [0.2, 0.25) is 5.02 Å². The van der Waals surface area contributed by atoms with E-state index in [2.05, 4.69) is 11.4 Å². The first-order chi connectivity index (χ1) is 9.05. The van der Waals surface area contributed by atoms with Crippen molar-refractivity contribution in [3.05, 3.63) is 29.3 Å². The average molecular weight is 295 g/mol. The van der Waals surface area contributed by atoms with Crippen molar-refractivity contribution in [1.82, 2.24) is 5.32 Å². The Morgan fingerprint density at radius 1 is 1.58 bits per heavy atom. The summed E-state index contributed by atoms with van der Waals surface area (Å²) in [6.45, 7) is 1.79. The number of thioether (sulfide) groups is 1. The minimum atomic E-state index is -0.724. The van der Waals surface area contributed by atoms with Gasteiger partial charge in [-0.15, -0.1) is 11.8 Å². The van der Waals surface area contributed by atoms with E-state index in [1.54, 1.807) is 13.0 Å². The standard InChI is InChI=1S/C14H15ClN2OS/c1-14(9-16,10-6-7-10)17-13(18)8-19-12-5-3-2-4-11(12)15/h2-5,10H,6-8H2,1H3,(H,17,18)/t14-/m0/s1. The zero-order valence-electron chi connectivity index (χ0n) is 10.6. The predicted molar refractivity (Wildman–Crippen MR) is 77.1 cm³/mol. The summed E-state index contributed by atoms with van der Waals surface area (Å²) in [4.78, 5) is 12.8. The Kier molecular flexibility index (Phi) is 4.38. The molecule has 1 aromatic rings. The van der Waals surface area contributed by atoms with Gasteiger partial charge in [-0.3, -0.25) is 4.79 Å². The maximum atomic E-state index is 11.9. The van der Waals surface area contributed by atoms with Crippen molar-refractivity contribution in [2.45, 2.75) is 30.2 Å². The third kappa shape index (κ3) is 3.65. The minimum absolute atomic E-state index is 0.124. The first-order valence-electron chi connectivity index (χ1n) is 6.15. The topological polar surface area (TPSA) is 52.9 Å². The van der Waals surface area contributed by atoms with E-state index in [1.165, 1.54) is 11.8 Å². The Morgan fingerprint density at radius 3 is 2.84 bits per heavy atom. The van der Waals surface area contributed by atoms with E-state index in [0.717, 1.165) is 17.7 Å². The van der Waals surface area contributed by atoms with Gasteiger partial charge in [0.15, 0.2) is 0 Å².